The number of sulfonamides is 1. The second kappa shape index (κ2) is 11.1. The summed E-state index contributed by atoms with van der Waals surface area (Å²) in [5, 5.41) is 5.67. The van der Waals surface area contributed by atoms with Crippen LogP contribution in [0.15, 0.2) is 47.4 Å². The van der Waals surface area contributed by atoms with Crippen molar-refractivity contribution in [2.45, 2.75) is 51.9 Å². The van der Waals surface area contributed by atoms with Crippen LogP contribution in [0.25, 0.3) is 0 Å². The summed E-state index contributed by atoms with van der Waals surface area (Å²) in [5.74, 6) is -0.241. The Bertz CT molecular complexity index is 1010. The van der Waals surface area contributed by atoms with Crippen LogP contribution >= 0.6 is 0 Å². The Labute approximate surface area is 184 Å². The molecule has 0 aliphatic rings. The lowest BCUT2D eigenvalue weighted by atomic mass is 10.1. The lowest BCUT2D eigenvalue weighted by Crippen LogP contribution is -2.30. The monoisotopic (exact) mass is 445 g/mol. The molecule has 2 N–H and O–H groups in total. The molecule has 0 radical (unpaired) electrons. The van der Waals surface area contributed by atoms with Gasteiger partial charge in [0, 0.05) is 37.3 Å². The van der Waals surface area contributed by atoms with E-state index in [1.165, 1.54) is 4.31 Å². The normalized spacial score (nSPS) is 11.4. The second-order valence-corrected chi connectivity index (χ2v) is 9.15. The maximum absolute atomic E-state index is 12.6. The minimum Gasteiger partial charge on any atom is -0.326 e. The first-order valence-corrected chi connectivity index (χ1v) is 11.9. The molecule has 0 spiro atoms. The smallest absolute Gasteiger partial charge is 0.243 e. The molecule has 0 unspecified atom stereocenters. The predicted molar refractivity (Wildman–Crippen MR) is 124 cm³/mol. The highest BCUT2D eigenvalue weighted by molar-refractivity contribution is 7.89. The standard InChI is InChI=1S/C23H31N3O4S/c1-5-22(27)24-19-12-8-17(4)21(16-19)25-23(28)15-11-18-9-13-20(14-10-18)31(29,30)26(6-2)7-3/h8-10,12-14,16H,5-7,11,15H2,1-4H3,(H,24,27)(H,25,28). The van der Waals surface area contributed by atoms with Crippen molar-refractivity contribution in [2.24, 2.45) is 0 Å². The summed E-state index contributed by atoms with van der Waals surface area (Å²) >= 11 is 0. The average Bonchev–Trinajstić information content (AvgIpc) is 2.75. The number of carbonyl (C=O) groups is 2. The molecule has 168 valence electrons. The highest BCUT2D eigenvalue weighted by atomic mass is 32.2. The predicted octanol–water partition coefficient (Wildman–Crippen LogP) is 3.95. The van der Waals surface area contributed by atoms with Crippen LogP contribution in [-0.2, 0) is 26.0 Å². The fourth-order valence-corrected chi connectivity index (χ4v) is 4.55. The largest absolute Gasteiger partial charge is 0.326 e. The van der Waals surface area contributed by atoms with Crippen molar-refractivity contribution in [1.82, 2.24) is 4.31 Å². The van der Waals surface area contributed by atoms with Crippen LogP contribution in [-0.4, -0.2) is 37.6 Å². The van der Waals surface area contributed by atoms with E-state index in [0.717, 1.165) is 11.1 Å². The van der Waals surface area contributed by atoms with Gasteiger partial charge in [0.25, 0.3) is 0 Å². The number of benzene rings is 2. The van der Waals surface area contributed by atoms with Crippen molar-refractivity contribution in [3.63, 3.8) is 0 Å². The minimum atomic E-state index is -3.49. The zero-order chi connectivity index (χ0) is 23.0. The Kier molecular flexibility index (Phi) is 8.76. The van der Waals surface area contributed by atoms with Crippen LogP contribution in [0.5, 0.6) is 0 Å². The summed E-state index contributed by atoms with van der Waals surface area (Å²) in [4.78, 5) is 24.3. The third kappa shape index (κ3) is 6.63. The number of nitrogens with zero attached hydrogens (tertiary/aromatic N) is 1. The molecule has 0 saturated carbocycles. The fourth-order valence-electron chi connectivity index (χ4n) is 3.10. The van der Waals surface area contributed by atoms with Gasteiger partial charge in [-0.25, -0.2) is 8.42 Å². The van der Waals surface area contributed by atoms with Crippen molar-refractivity contribution >= 4 is 33.2 Å². The number of nitrogens with one attached hydrogen (secondary N) is 2. The molecule has 0 heterocycles. The number of hydrogen-bond acceptors (Lipinski definition) is 4. The van der Waals surface area contributed by atoms with E-state index in [-0.39, 0.29) is 23.1 Å². The lowest BCUT2D eigenvalue weighted by molar-refractivity contribution is -0.116. The number of hydrogen-bond donors (Lipinski definition) is 2. The maximum atomic E-state index is 12.6. The van der Waals surface area contributed by atoms with E-state index >= 15 is 0 Å². The molecule has 0 aliphatic carbocycles. The highest BCUT2D eigenvalue weighted by Gasteiger charge is 2.21. The van der Waals surface area contributed by atoms with Gasteiger partial charge in [-0.05, 0) is 48.7 Å². The Hall–Kier alpha value is -2.71. The molecular formula is C23H31N3O4S. The lowest BCUT2D eigenvalue weighted by Gasteiger charge is -2.18. The van der Waals surface area contributed by atoms with Gasteiger partial charge in [-0.3, -0.25) is 9.59 Å². The van der Waals surface area contributed by atoms with Crippen LogP contribution < -0.4 is 10.6 Å². The van der Waals surface area contributed by atoms with E-state index in [2.05, 4.69) is 10.6 Å². The van der Waals surface area contributed by atoms with Gasteiger partial charge < -0.3 is 10.6 Å². The quantitative estimate of drug-likeness (QED) is 0.579. The van der Waals surface area contributed by atoms with E-state index in [1.54, 1.807) is 43.3 Å². The minimum absolute atomic E-state index is 0.0902. The van der Waals surface area contributed by atoms with E-state index < -0.39 is 10.0 Å². The van der Waals surface area contributed by atoms with Crippen molar-refractivity contribution in [2.75, 3.05) is 23.7 Å². The summed E-state index contributed by atoms with van der Waals surface area (Å²) < 4.78 is 26.5. The van der Waals surface area contributed by atoms with E-state index in [1.807, 2.05) is 26.8 Å². The van der Waals surface area contributed by atoms with Gasteiger partial charge in [0.1, 0.15) is 0 Å². The first-order valence-electron chi connectivity index (χ1n) is 10.5. The molecule has 0 bridgehead atoms. The molecule has 7 nitrogen and oxygen atoms in total. The first kappa shape index (κ1) is 24.6. The summed E-state index contributed by atoms with van der Waals surface area (Å²) in [5.41, 5.74) is 3.07. The first-order chi connectivity index (χ1) is 14.7. The van der Waals surface area contributed by atoms with Gasteiger partial charge in [0.05, 0.1) is 4.90 Å². The van der Waals surface area contributed by atoms with E-state index in [4.69, 9.17) is 0 Å². The zero-order valence-corrected chi connectivity index (χ0v) is 19.4. The third-order valence-electron chi connectivity index (χ3n) is 5.02. The number of rotatable bonds is 10. The number of amides is 2. The molecule has 2 amide bonds. The van der Waals surface area contributed by atoms with Gasteiger partial charge in [-0.15, -0.1) is 0 Å². The van der Waals surface area contributed by atoms with Gasteiger partial charge in [0.2, 0.25) is 21.8 Å². The van der Waals surface area contributed by atoms with Crippen LogP contribution in [0, 0.1) is 6.92 Å². The van der Waals surface area contributed by atoms with Crippen LogP contribution in [0.2, 0.25) is 0 Å². The van der Waals surface area contributed by atoms with Crippen LogP contribution in [0.3, 0.4) is 0 Å². The Morgan fingerprint density at radius 1 is 0.903 bits per heavy atom. The topological polar surface area (TPSA) is 95.6 Å². The fraction of sp³-hybridized carbons (Fsp3) is 0.391. The molecule has 8 heteroatoms. The SMILES string of the molecule is CCC(=O)Nc1ccc(C)c(NC(=O)CCc2ccc(S(=O)(=O)N(CC)CC)cc2)c1. The summed E-state index contributed by atoms with van der Waals surface area (Å²) in [6, 6.07) is 12.1. The van der Waals surface area contributed by atoms with E-state index in [9.17, 15) is 18.0 Å². The van der Waals surface area contributed by atoms with Crippen molar-refractivity contribution in [3.05, 3.63) is 53.6 Å². The molecule has 0 aromatic heterocycles. The molecular weight excluding hydrogens is 414 g/mol. The van der Waals surface area contributed by atoms with Crippen molar-refractivity contribution in [1.29, 1.82) is 0 Å². The third-order valence-corrected chi connectivity index (χ3v) is 7.09. The molecule has 0 saturated heterocycles. The van der Waals surface area contributed by atoms with Crippen LogP contribution in [0.1, 0.15) is 44.7 Å². The van der Waals surface area contributed by atoms with Gasteiger partial charge in [0.15, 0.2) is 0 Å². The van der Waals surface area contributed by atoms with Crippen LogP contribution in [0.4, 0.5) is 11.4 Å². The van der Waals surface area contributed by atoms with E-state index in [0.29, 0.717) is 37.3 Å². The summed E-state index contributed by atoms with van der Waals surface area (Å²) in [7, 11) is -3.49. The number of aryl methyl sites for hydroxylation is 2. The Balaban J connectivity index is 1.99. The highest BCUT2D eigenvalue weighted by Crippen LogP contribution is 2.21. The molecule has 2 rings (SSSR count). The molecule has 0 fully saturated rings. The average molecular weight is 446 g/mol. The molecule has 0 aliphatic heterocycles. The van der Waals surface area contributed by atoms with Gasteiger partial charge in [-0.1, -0.05) is 39.0 Å². The number of anilines is 2. The summed E-state index contributed by atoms with van der Waals surface area (Å²) in [6.45, 7) is 8.12. The van der Waals surface area contributed by atoms with Gasteiger partial charge in [-0.2, -0.15) is 4.31 Å². The number of carbonyl (C=O) groups excluding carboxylic acids is 2. The molecule has 2 aromatic carbocycles. The molecule has 2 aromatic rings. The Morgan fingerprint density at radius 2 is 1.55 bits per heavy atom. The Morgan fingerprint density at radius 3 is 2.13 bits per heavy atom. The summed E-state index contributed by atoms with van der Waals surface area (Å²) in [6.07, 6.45) is 1.13. The molecule has 0 atom stereocenters. The van der Waals surface area contributed by atoms with Crippen molar-refractivity contribution in [3.8, 4) is 0 Å². The van der Waals surface area contributed by atoms with Gasteiger partial charge >= 0.3 is 0 Å². The van der Waals surface area contributed by atoms with Crippen molar-refractivity contribution < 1.29 is 18.0 Å². The zero-order valence-electron chi connectivity index (χ0n) is 18.6. The second-order valence-electron chi connectivity index (χ2n) is 7.21. The molecule has 31 heavy (non-hydrogen) atoms. The maximum Gasteiger partial charge on any atom is 0.243 e.